The normalized spacial score (nSPS) is 22.1. The number of aryl methyl sites for hydroxylation is 1. The number of benzene rings is 1. The van der Waals surface area contributed by atoms with Crippen LogP contribution in [0.25, 0.3) is 0 Å². The summed E-state index contributed by atoms with van der Waals surface area (Å²) in [6.07, 6.45) is 2.94. The van der Waals surface area contributed by atoms with Gasteiger partial charge >= 0.3 is 0 Å². The van der Waals surface area contributed by atoms with Crippen molar-refractivity contribution in [3.8, 4) is 0 Å². The van der Waals surface area contributed by atoms with Crippen molar-refractivity contribution < 1.29 is 8.42 Å². The zero-order valence-electron chi connectivity index (χ0n) is 11.6. The maximum Gasteiger partial charge on any atom is 0.245 e. The average molecular weight is 282 g/mol. The second-order valence-electron chi connectivity index (χ2n) is 5.43. The van der Waals surface area contributed by atoms with E-state index in [-0.39, 0.29) is 4.90 Å². The minimum absolute atomic E-state index is 0.282. The Morgan fingerprint density at radius 1 is 1.26 bits per heavy atom. The van der Waals surface area contributed by atoms with Gasteiger partial charge in [0.25, 0.3) is 0 Å². The van der Waals surface area contributed by atoms with Crippen LogP contribution in [0.15, 0.2) is 23.1 Å². The van der Waals surface area contributed by atoms with E-state index in [2.05, 4.69) is 6.92 Å². The summed E-state index contributed by atoms with van der Waals surface area (Å²) in [5, 5.41) is 0. The summed E-state index contributed by atoms with van der Waals surface area (Å²) in [5.74, 6) is 0.592. The molecular formula is C14H22N2O2S. The highest BCUT2D eigenvalue weighted by atomic mass is 32.2. The van der Waals surface area contributed by atoms with E-state index < -0.39 is 10.0 Å². The molecule has 106 valence electrons. The Morgan fingerprint density at radius 2 is 2.00 bits per heavy atom. The molecule has 1 aromatic rings. The molecule has 0 spiro atoms. The quantitative estimate of drug-likeness (QED) is 0.847. The van der Waals surface area contributed by atoms with Crippen molar-refractivity contribution >= 4 is 15.7 Å². The van der Waals surface area contributed by atoms with Gasteiger partial charge in [0.2, 0.25) is 10.0 Å². The lowest BCUT2D eigenvalue weighted by Gasteiger charge is -2.22. The van der Waals surface area contributed by atoms with E-state index in [9.17, 15) is 8.42 Å². The molecule has 1 aromatic carbocycles. The molecule has 1 unspecified atom stereocenters. The zero-order chi connectivity index (χ0) is 14.0. The fourth-order valence-corrected chi connectivity index (χ4v) is 4.45. The minimum atomic E-state index is -3.46. The monoisotopic (exact) mass is 282 g/mol. The second-order valence-corrected chi connectivity index (χ2v) is 7.31. The molecule has 1 heterocycles. The van der Waals surface area contributed by atoms with Crippen molar-refractivity contribution in [2.45, 2.75) is 38.0 Å². The van der Waals surface area contributed by atoms with Gasteiger partial charge < -0.3 is 5.73 Å². The van der Waals surface area contributed by atoms with Crippen molar-refractivity contribution in [2.75, 3.05) is 18.8 Å². The van der Waals surface area contributed by atoms with E-state index in [0.29, 0.717) is 24.7 Å². The number of nitrogen functional groups attached to an aromatic ring is 1. The SMILES string of the molecule is Cc1cccc(N)c1S(=O)(=O)N1CCCC(C)CC1. The molecule has 0 radical (unpaired) electrons. The van der Waals surface area contributed by atoms with Crippen LogP contribution >= 0.6 is 0 Å². The molecule has 1 atom stereocenters. The number of anilines is 1. The summed E-state index contributed by atoms with van der Waals surface area (Å²) < 4.78 is 27.1. The van der Waals surface area contributed by atoms with Crippen LogP contribution in [0.5, 0.6) is 0 Å². The Morgan fingerprint density at radius 3 is 2.68 bits per heavy atom. The van der Waals surface area contributed by atoms with Crippen LogP contribution in [-0.4, -0.2) is 25.8 Å². The fraction of sp³-hybridized carbons (Fsp3) is 0.571. The lowest BCUT2D eigenvalue weighted by Crippen LogP contribution is -2.33. The third-order valence-corrected chi connectivity index (χ3v) is 5.93. The third-order valence-electron chi connectivity index (χ3n) is 3.82. The molecule has 0 aliphatic carbocycles. The van der Waals surface area contributed by atoms with E-state index in [4.69, 9.17) is 5.73 Å². The number of hydrogen-bond acceptors (Lipinski definition) is 3. The standard InChI is InChI=1S/C14H22N2O2S/c1-11-5-4-9-16(10-8-11)19(17,18)14-12(2)6-3-7-13(14)15/h3,6-7,11H,4-5,8-10,15H2,1-2H3. The Bertz CT molecular complexity index is 534. The highest BCUT2D eigenvalue weighted by Gasteiger charge is 2.29. The van der Waals surface area contributed by atoms with Gasteiger partial charge in [0.1, 0.15) is 4.90 Å². The van der Waals surface area contributed by atoms with Gasteiger partial charge in [-0.2, -0.15) is 4.31 Å². The van der Waals surface area contributed by atoms with E-state index >= 15 is 0 Å². The number of nitrogens with two attached hydrogens (primary N) is 1. The van der Waals surface area contributed by atoms with E-state index in [0.717, 1.165) is 24.8 Å². The van der Waals surface area contributed by atoms with Crippen LogP contribution in [0.3, 0.4) is 0 Å². The van der Waals surface area contributed by atoms with Gasteiger partial charge in [0, 0.05) is 13.1 Å². The Hall–Kier alpha value is -1.07. The van der Waals surface area contributed by atoms with Crippen molar-refractivity contribution in [3.05, 3.63) is 23.8 Å². The van der Waals surface area contributed by atoms with E-state index in [1.807, 2.05) is 0 Å². The Balaban J connectivity index is 2.37. The average Bonchev–Trinajstić information content (AvgIpc) is 2.53. The molecule has 4 nitrogen and oxygen atoms in total. The summed E-state index contributed by atoms with van der Waals surface area (Å²) in [5.41, 5.74) is 6.94. The maximum atomic E-state index is 12.7. The maximum absolute atomic E-state index is 12.7. The van der Waals surface area contributed by atoms with Crippen LogP contribution in [0.4, 0.5) is 5.69 Å². The van der Waals surface area contributed by atoms with Crippen molar-refractivity contribution in [3.63, 3.8) is 0 Å². The van der Waals surface area contributed by atoms with Crippen LogP contribution in [0.1, 0.15) is 31.7 Å². The first-order chi connectivity index (χ1) is 8.93. The molecule has 19 heavy (non-hydrogen) atoms. The van der Waals surface area contributed by atoms with Gasteiger partial charge in [-0.3, -0.25) is 0 Å². The van der Waals surface area contributed by atoms with Crippen LogP contribution in [-0.2, 0) is 10.0 Å². The Labute approximate surface area is 115 Å². The lowest BCUT2D eigenvalue weighted by atomic mass is 10.0. The number of rotatable bonds is 2. The summed E-state index contributed by atoms with van der Waals surface area (Å²) in [6.45, 7) is 5.17. The molecule has 1 aliphatic rings. The van der Waals surface area contributed by atoms with Gasteiger partial charge in [0.05, 0.1) is 5.69 Å². The first-order valence-corrected chi connectivity index (χ1v) is 8.22. The first-order valence-electron chi connectivity index (χ1n) is 6.78. The van der Waals surface area contributed by atoms with Gasteiger partial charge in [-0.05, 0) is 43.7 Å². The predicted molar refractivity (Wildman–Crippen MR) is 77.4 cm³/mol. The highest BCUT2D eigenvalue weighted by molar-refractivity contribution is 7.89. The van der Waals surface area contributed by atoms with Gasteiger partial charge in [0.15, 0.2) is 0 Å². The molecular weight excluding hydrogens is 260 g/mol. The van der Waals surface area contributed by atoms with Crippen molar-refractivity contribution in [2.24, 2.45) is 5.92 Å². The predicted octanol–water partition coefficient (Wildman–Crippen LogP) is 2.39. The zero-order valence-corrected chi connectivity index (χ0v) is 12.4. The van der Waals surface area contributed by atoms with Gasteiger partial charge in [-0.25, -0.2) is 8.42 Å². The minimum Gasteiger partial charge on any atom is -0.398 e. The lowest BCUT2D eigenvalue weighted by molar-refractivity contribution is 0.416. The molecule has 1 fully saturated rings. The first kappa shape index (κ1) is 14.3. The Kier molecular flexibility index (Phi) is 4.16. The summed E-state index contributed by atoms with van der Waals surface area (Å²) in [4.78, 5) is 0.282. The fourth-order valence-electron chi connectivity index (χ4n) is 2.63. The van der Waals surface area contributed by atoms with Gasteiger partial charge in [-0.1, -0.05) is 19.1 Å². The second kappa shape index (κ2) is 5.51. The largest absolute Gasteiger partial charge is 0.398 e. The molecule has 0 aromatic heterocycles. The number of sulfonamides is 1. The van der Waals surface area contributed by atoms with Crippen LogP contribution in [0.2, 0.25) is 0 Å². The number of nitrogens with zero attached hydrogens (tertiary/aromatic N) is 1. The van der Waals surface area contributed by atoms with Crippen molar-refractivity contribution in [1.29, 1.82) is 0 Å². The van der Waals surface area contributed by atoms with Crippen LogP contribution in [0, 0.1) is 12.8 Å². The van der Waals surface area contributed by atoms with Gasteiger partial charge in [-0.15, -0.1) is 0 Å². The molecule has 2 N–H and O–H groups in total. The van der Waals surface area contributed by atoms with E-state index in [1.165, 1.54) is 0 Å². The molecule has 5 heteroatoms. The highest BCUT2D eigenvalue weighted by Crippen LogP contribution is 2.28. The molecule has 0 bridgehead atoms. The summed E-state index contributed by atoms with van der Waals surface area (Å²) in [7, 11) is -3.46. The van der Waals surface area contributed by atoms with Crippen molar-refractivity contribution in [1.82, 2.24) is 4.31 Å². The van der Waals surface area contributed by atoms with Crippen LogP contribution < -0.4 is 5.73 Å². The molecule has 2 rings (SSSR count). The summed E-state index contributed by atoms with van der Waals surface area (Å²) >= 11 is 0. The molecule has 1 saturated heterocycles. The van der Waals surface area contributed by atoms with E-state index in [1.54, 1.807) is 29.4 Å². The smallest absolute Gasteiger partial charge is 0.245 e. The molecule has 1 aliphatic heterocycles. The number of hydrogen-bond donors (Lipinski definition) is 1. The topological polar surface area (TPSA) is 63.4 Å². The third kappa shape index (κ3) is 2.92. The summed E-state index contributed by atoms with van der Waals surface area (Å²) in [6, 6.07) is 5.23. The molecule has 0 saturated carbocycles. The molecule has 0 amide bonds.